The number of esters is 1. The standard InChI is InChI=1S/C33H54NO8P/c1-3-4-5-6-7-8-9-10-11-12-13-14-15-16-17-18-19-20-21-22-23-24-25-26-33(37)40-29-32(36)30-42-43(38,39)41-28-27-34-31(2)35/h4-5,7-8,10-11,13-14,16-17,19-20,32,36H,3,6,9,12,15,18,21-30H2,1-2H3,(H,34,35)(H,38,39)/b5-4-,8-7-,11-10-,14-13-,17-16-,20-19-. The van der Waals surface area contributed by atoms with Gasteiger partial charge in [0.15, 0.2) is 0 Å². The molecule has 0 aliphatic carbocycles. The van der Waals surface area contributed by atoms with E-state index >= 15 is 0 Å². The molecule has 0 aliphatic heterocycles. The molecule has 0 aliphatic rings. The van der Waals surface area contributed by atoms with Crippen molar-refractivity contribution in [3.05, 3.63) is 72.9 Å². The number of unbranched alkanes of at least 4 members (excludes halogenated alkanes) is 4. The fraction of sp³-hybridized carbons (Fsp3) is 0.576. The van der Waals surface area contributed by atoms with Crippen molar-refractivity contribution in [1.29, 1.82) is 0 Å². The summed E-state index contributed by atoms with van der Waals surface area (Å²) in [7, 11) is -4.37. The normalized spacial score (nSPS) is 14.6. The first-order valence-corrected chi connectivity index (χ1v) is 16.9. The number of amides is 1. The van der Waals surface area contributed by atoms with Crippen molar-refractivity contribution in [3.8, 4) is 0 Å². The van der Waals surface area contributed by atoms with E-state index < -0.39 is 26.5 Å². The van der Waals surface area contributed by atoms with Gasteiger partial charge in [-0.2, -0.15) is 0 Å². The van der Waals surface area contributed by atoms with Gasteiger partial charge in [0.2, 0.25) is 5.91 Å². The first-order valence-electron chi connectivity index (χ1n) is 15.4. The molecule has 10 heteroatoms. The first-order chi connectivity index (χ1) is 20.8. The van der Waals surface area contributed by atoms with Crippen molar-refractivity contribution in [1.82, 2.24) is 5.32 Å². The summed E-state index contributed by atoms with van der Waals surface area (Å²) in [6.45, 7) is 2.40. The molecule has 244 valence electrons. The number of hydrogen-bond acceptors (Lipinski definition) is 7. The Morgan fingerprint density at radius 3 is 1.79 bits per heavy atom. The Morgan fingerprint density at radius 2 is 1.26 bits per heavy atom. The largest absolute Gasteiger partial charge is 0.472 e. The molecule has 3 N–H and O–H groups in total. The van der Waals surface area contributed by atoms with E-state index in [0.717, 1.165) is 64.2 Å². The lowest BCUT2D eigenvalue weighted by Gasteiger charge is -2.15. The van der Waals surface area contributed by atoms with Crippen LogP contribution in [-0.2, 0) is 27.9 Å². The Labute approximate surface area is 259 Å². The highest BCUT2D eigenvalue weighted by Gasteiger charge is 2.23. The topological polar surface area (TPSA) is 131 Å². The maximum Gasteiger partial charge on any atom is 0.472 e. The van der Waals surface area contributed by atoms with Crippen molar-refractivity contribution in [3.63, 3.8) is 0 Å². The highest BCUT2D eigenvalue weighted by atomic mass is 31.2. The van der Waals surface area contributed by atoms with Crippen LogP contribution in [-0.4, -0.2) is 54.3 Å². The van der Waals surface area contributed by atoms with Crippen LogP contribution in [0.4, 0.5) is 0 Å². The Kier molecular flexibility index (Phi) is 27.8. The summed E-state index contributed by atoms with van der Waals surface area (Å²) in [5.41, 5.74) is 0. The predicted octanol–water partition coefficient (Wildman–Crippen LogP) is 7.20. The molecule has 0 spiro atoms. The summed E-state index contributed by atoms with van der Waals surface area (Å²) in [4.78, 5) is 32.1. The summed E-state index contributed by atoms with van der Waals surface area (Å²) in [5, 5.41) is 12.2. The van der Waals surface area contributed by atoms with Gasteiger partial charge in [-0.3, -0.25) is 18.6 Å². The van der Waals surface area contributed by atoms with Crippen LogP contribution in [0.15, 0.2) is 72.9 Å². The molecular formula is C33H54NO8P. The zero-order valence-electron chi connectivity index (χ0n) is 26.1. The van der Waals surface area contributed by atoms with Gasteiger partial charge in [-0.1, -0.05) is 92.7 Å². The van der Waals surface area contributed by atoms with Crippen molar-refractivity contribution in [2.24, 2.45) is 0 Å². The van der Waals surface area contributed by atoms with Gasteiger partial charge >= 0.3 is 13.8 Å². The van der Waals surface area contributed by atoms with Crippen LogP contribution in [0.3, 0.4) is 0 Å². The minimum Gasteiger partial charge on any atom is -0.463 e. The predicted molar refractivity (Wildman–Crippen MR) is 173 cm³/mol. The summed E-state index contributed by atoms with van der Waals surface area (Å²) in [6.07, 6.45) is 35.9. The van der Waals surface area contributed by atoms with E-state index in [-0.39, 0.29) is 32.1 Å². The van der Waals surface area contributed by atoms with Crippen molar-refractivity contribution in [2.45, 2.75) is 97.0 Å². The third kappa shape index (κ3) is 32.2. The van der Waals surface area contributed by atoms with Crippen LogP contribution in [0, 0.1) is 0 Å². The molecule has 0 fully saturated rings. The third-order valence-electron chi connectivity index (χ3n) is 5.70. The molecule has 0 aromatic heterocycles. The van der Waals surface area contributed by atoms with Gasteiger partial charge < -0.3 is 20.1 Å². The molecule has 1 amide bonds. The van der Waals surface area contributed by atoms with Crippen LogP contribution >= 0.6 is 7.82 Å². The summed E-state index contributed by atoms with van der Waals surface area (Å²) in [5.74, 6) is -0.731. The summed E-state index contributed by atoms with van der Waals surface area (Å²) >= 11 is 0. The van der Waals surface area contributed by atoms with Crippen LogP contribution in [0.2, 0.25) is 0 Å². The van der Waals surface area contributed by atoms with Crippen molar-refractivity contribution in [2.75, 3.05) is 26.4 Å². The molecule has 43 heavy (non-hydrogen) atoms. The zero-order chi connectivity index (χ0) is 31.9. The van der Waals surface area contributed by atoms with Gasteiger partial charge in [-0.15, -0.1) is 0 Å². The fourth-order valence-electron chi connectivity index (χ4n) is 3.44. The van der Waals surface area contributed by atoms with Gasteiger partial charge in [0, 0.05) is 19.9 Å². The maximum absolute atomic E-state index is 11.8. The lowest BCUT2D eigenvalue weighted by Crippen LogP contribution is -2.25. The van der Waals surface area contributed by atoms with Crippen LogP contribution in [0.1, 0.15) is 90.9 Å². The number of aliphatic hydroxyl groups is 1. The van der Waals surface area contributed by atoms with E-state index in [1.807, 2.05) is 0 Å². The number of phosphoric ester groups is 1. The average Bonchev–Trinajstić information content (AvgIpc) is 2.97. The Bertz CT molecular complexity index is 939. The molecule has 0 aromatic carbocycles. The van der Waals surface area contributed by atoms with E-state index in [4.69, 9.17) is 4.74 Å². The number of rotatable bonds is 27. The van der Waals surface area contributed by atoms with Gasteiger partial charge in [0.25, 0.3) is 0 Å². The molecule has 0 saturated carbocycles. The van der Waals surface area contributed by atoms with Gasteiger partial charge in [-0.05, 0) is 57.8 Å². The molecule has 0 heterocycles. The molecular weight excluding hydrogens is 569 g/mol. The van der Waals surface area contributed by atoms with Gasteiger partial charge in [0.05, 0.1) is 13.2 Å². The maximum atomic E-state index is 11.8. The van der Waals surface area contributed by atoms with Gasteiger partial charge in [0.1, 0.15) is 12.7 Å². The molecule has 2 atom stereocenters. The fourth-order valence-corrected chi connectivity index (χ4v) is 4.20. The Morgan fingerprint density at radius 1 is 0.744 bits per heavy atom. The number of aliphatic hydroxyl groups excluding tert-OH is 1. The molecule has 0 bridgehead atoms. The van der Waals surface area contributed by atoms with E-state index in [1.54, 1.807) is 0 Å². The second-order valence-electron chi connectivity index (χ2n) is 9.79. The number of hydrogen-bond donors (Lipinski definition) is 3. The van der Waals surface area contributed by atoms with E-state index in [9.17, 15) is 24.2 Å². The number of nitrogens with one attached hydrogen (secondary N) is 1. The highest BCUT2D eigenvalue weighted by molar-refractivity contribution is 7.47. The van der Waals surface area contributed by atoms with E-state index in [0.29, 0.717) is 6.42 Å². The number of allylic oxidation sites excluding steroid dienone is 12. The smallest absolute Gasteiger partial charge is 0.463 e. The van der Waals surface area contributed by atoms with Crippen LogP contribution < -0.4 is 5.32 Å². The first kappa shape index (κ1) is 40.5. The molecule has 0 aromatic rings. The zero-order valence-corrected chi connectivity index (χ0v) is 27.0. The lowest BCUT2D eigenvalue weighted by atomic mass is 10.1. The van der Waals surface area contributed by atoms with Gasteiger partial charge in [-0.25, -0.2) is 4.57 Å². The minimum atomic E-state index is -4.37. The van der Waals surface area contributed by atoms with Crippen molar-refractivity contribution < 1.29 is 37.9 Å². The van der Waals surface area contributed by atoms with E-state index in [1.165, 1.54) is 6.92 Å². The molecule has 0 saturated heterocycles. The molecule has 0 radical (unpaired) electrons. The number of phosphoric acid groups is 1. The third-order valence-corrected chi connectivity index (χ3v) is 6.68. The second kappa shape index (κ2) is 29.5. The average molecular weight is 624 g/mol. The second-order valence-corrected chi connectivity index (χ2v) is 11.2. The number of ether oxygens (including phenoxy) is 1. The number of carbonyl (C=O) groups excluding carboxylic acids is 2. The summed E-state index contributed by atoms with van der Waals surface area (Å²) in [6, 6.07) is 0. The lowest BCUT2D eigenvalue weighted by molar-refractivity contribution is -0.147. The molecule has 2 unspecified atom stereocenters. The minimum absolute atomic E-state index is 0.0475. The highest BCUT2D eigenvalue weighted by Crippen LogP contribution is 2.42. The van der Waals surface area contributed by atoms with Crippen LogP contribution in [0.5, 0.6) is 0 Å². The quantitative estimate of drug-likeness (QED) is 0.0379. The SMILES string of the molecule is CC/C=C\C/C=C\C/C=C\C/C=C\C/C=C\C/C=C\CCCCCCC(=O)OCC(O)COP(=O)(O)OCCNC(C)=O. The monoisotopic (exact) mass is 623 g/mol. The molecule has 0 rings (SSSR count). The Balaban J connectivity index is 3.65. The van der Waals surface area contributed by atoms with E-state index in [2.05, 4.69) is 94.2 Å². The van der Waals surface area contributed by atoms with Crippen molar-refractivity contribution >= 4 is 19.7 Å². The number of carbonyl (C=O) groups is 2. The van der Waals surface area contributed by atoms with Crippen LogP contribution in [0.25, 0.3) is 0 Å². The summed E-state index contributed by atoms with van der Waals surface area (Å²) < 4.78 is 26.0. The Hall–Kier alpha value is -2.55. The molecule has 9 nitrogen and oxygen atoms in total.